The Morgan fingerprint density at radius 1 is 1.25 bits per heavy atom. The smallest absolute Gasteiger partial charge is 0.262 e. The van der Waals surface area contributed by atoms with E-state index in [4.69, 9.17) is 10.5 Å². The number of benzene rings is 1. The number of ether oxygens (including phenoxy) is 1. The van der Waals surface area contributed by atoms with Gasteiger partial charge in [0.1, 0.15) is 11.6 Å². The van der Waals surface area contributed by atoms with Crippen molar-refractivity contribution in [2.45, 2.75) is 0 Å². The summed E-state index contributed by atoms with van der Waals surface area (Å²) in [4.78, 5) is 7.74. The fourth-order valence-corrected chi connectivity index (χ4v) is 1.51. The van der Waals surface area contributed by atoms with Gasteiger partial charge in [-0.05, 0) is 34.1 Å². The van der Waals surface area contributed by atoms with E-state index < -0.39 is 0 Å². The van der Waals surface area contributed by atoms with Crippen LogP contribution in [0.1, 0.15) is 0 Å². The van der Waals surface area contributed by atoms with Crippen LogP contribution in [-0.4, -0.2) is 9.97 Å². The Bertz CT molecular complexity index is 521. The quantitative estimate of drug-likeness (QED) is 0.921. The van der Waals surface area contributed by atoms with Gasteiger partial charge in [-0.1, -0.05) is 0 Å². The van der Waals surface area contributed by atoms with Crippen LogP contribution in [0.4, 0.5) is 10.2 Å². The Labute approximate surface area is 99.4 Å². The van der Waals surface area contributed by atoms with E-state index in [0.29, 0.717) is 10.2 Å². The average molecular weight is 284 g/mol. The summed E-state index contributed by atoms with van der Waals surface area (Å²) in [7, 11) is 0. The zero-order chi connectivity index (χ0) is 11.5. The second-order valence-corrected chi connectivity index (χ2v) is 3.78. The number of aromatic nitrogens is 2. The average Bonchev–Trinajstić information content (AvgIpc) is 2.25. The molecular weight excluding hydrogens is 277 g/mol. The van der Waals surface area contributed by atoms with Crippen LogP contribution in [0.15, 0.2) is 35.1 Å². The highest BCUT2D eigenvalue weighted by Gasteiger charge is 2.07. The molecule has 16 heavy (non-hydrogen) atoms. The molecule has 2 N–H and O–H groups in total. The van der Waals surface area contributed by atoms with E-state index in [-0.39, 0.29) is 17.5 Å². The minimum absolute atomic E-state index is 0.179. The highest BCUT2D eigenvalue weighted by molar-refractivity contribution is 9.10. The molecule has 2 rings (SSSR count). The molecule has 0 unspecified atom stereocenters. The maximum Gasteiger partial charge on any atom is 0.262 e. The minimum Gasteiger partial charge on any atom is -0.435 e. The zero-order valence-corrected chi connectivity index (χ0v) is 9.61. The van der Waals surface area contributed by atoms with Crippen molar-refractivity contribution >= 4 is 21.7 Å². The molecule has 2 aromatic rings. The number of halogens is 2. The van der Waals surface area contributed by atoms with E-state index >= 15 is 0 Å². The summed E-state index contributed by atoms with van der Waals surface area (Å²) in [6, 6.07) is 4.06. The maximum absolute atomic E-state index is 12.8. The fourth-order valence-electron chi connectivity index (χ4n) is 1.08. The van der Waals surface area contributed by atoms with Crippen LogP contribution >= 0.6 is 15.9 Å². The Kier molecular flexibility index (Phi) is 3.00. The highest BCUT2D eigenvalue weighted by atomic mass is 79.9. The summed E-state index contributed by atoms with van der Waals surface area (Å²) in [5.41, 5.74) is 5.56. The summed E-state index contributed by atoms with van der Waals surface area (Å²) in [6.07, 6.45) is 2.92. The van der Waals surface area contributed by atoms with Crippen LogP contribution in [0.2, 0.25) is 0 Å². The second kappa shape index (κ2) is 4.44. The van der Waals surface area contributed by atoms with Crippen molar-refractivity contribution in [2.75, 3.05) is 5.73 Å². The topological polar surface area (TPSA) is 61.0 Å². The van der Waals surface area contributed by atoms with Crippen LogP contribution in [0.5, 0.6) is 11.6 Å². The Balaban J connectivity index is 2.31. The molecule has 0 saturated heterocycles. The lowest BCUT2D eigenvalue weighted by Crippen LogP contribution is -1.97. The van der Waals surface area contributed by atoms with Crippen molar-refractivity contribution in [1.82, 2.24) is 9.97 Å². The van der Waals surface area contributed by atoms with Gasteiger partial charge in [-0.25, -0.2) is 14.4 Å². The van der Waals surface area contributed by atoms with Crippen molar-refractivity contribution in [3.05, 3.63) is 40.9 Å². The summed E-state index contributed by atoms with van der Waals surface area (Å²) >= 11 is 3.18. The van der Waals surface area contributed by atoms with Gasteiger partial charge in [-0.3, -0.25) is 0 Å². The number of hydrogen-bond donors (Lipinski definition) is 1. The zero-order valence-electron chi connectivity index (χ0n) is 8.02. The molecule has 0 amide bonds. The standard InChI is InChI=1S/C10H7BrFN3O/c11-7-5-6(12)1-2-8(7)16-10-9(13)14-3-4-15-10/h1-5H,(H2,13,14). The molecule has 0 fully saturated rings. The van der Waals surface area contributed by atoms with E-state index in [1.54, 1.807) is 0 Å². The van der Waals surface area contributed by atoms with Crippen molar-refractivity contribution in [3.8, 4) is 11.6 Å². The highest BCUT2D eigenvalue weighted by Crippen LogP contribution is 2.30. The number of hydrogen-bond acceptors (Lipinski definition) is 4. The first-order valence-electron chi connectivity index (χ1n) is 4.36. The Hall–Kier alpha value is -1.69. The fraction of sp³-hybridized carbons (Fsp3) is 0. The molecule has 0 aliphatic carbocycles. The third kappa shape index (κ3) is 2.27. The van der Waals surface area contributed by atoms with Gasteiger partial charge in [0.2, 0.25) is 0 Å². The molecule has 0 bridgehead atoms. The van der Waals surface area contributed by atoms with E-state index in [9.17, 15) is 4.39 Å². The molecule has 6 heteroatoms. The van der Waals surface area contributed by atoms with Gasteiger partial charge in [-0.15, -0.1) is 0 Å². The summed E-state index contributed by atoms with van der Waals surface area (Å²) < 4.78 is 18.7. The first-order valence-corrected chi connectivity index (χ1v) is 5.15. The third-order valence-corrected chi connectivity index (χ3v) is 2.41. The summed E-state index contributed by atoms with van der Waals surface area (Å²) in [5.74, 6) is 0.438. The molecule has 0 aliphatic rings. The Morgan fingerprint density at radius 2 is 2.00 bits per heavy atom. The molecule has 82 valence electrons. The van der Waals surface area contributed by atoms with Gasteiger partial charge in [0.05, 0.1) is 4.47 Å². The molecule has 1 heterocycles. The lowest BCUT2D eigenvalue weighted by molar-refractivity contribution is 0.458. The molecule has 4 nitrogen and oxygen atoms in total. The summed E-state index contributed by atoms with van der Waals surface area (Å²) in [6.45, 7) is 0. The van der Waals surface area contributed by atoms with Crippen LogP contribution in [0, 0.1) is 5.82 Å². The molecule has 0 aliphatic heterocycles. The van der Waals surface area contributed by atoms with Crippen LogP contribution in [0.25, 0.3) is 0 Å². The van der Waals surface area contributed by atoms with Gasteiger partial charge in [0.15, 0.2) is 5.82 Å². The van der Waals surface area contributed by atoms with Gasteiger partial charge in [0.25, 0.3) is 5.88 Å². The van der Waals surface area contributed by atoms with Crippen LogP contribution < -0.4 is 10.5 Å². The molecule has 0 atom stereocenters. The predicted octanol–water partition coefficient (Wildman–Crippen LogP) is 2.75. The monoisotopic (exact) mass is 283 g/mol. The SMILES string of the molecule is Nc1nccnc1Oc1ccc(F)cc1Br. The third-order valence-electron chi connectivity index (χ3n) is 1.79. The van der Waals surface area contributed by atoms with Gasteiger partial charge in [0, 0.05) is 12.4 Å². The van der Waals surface area contributed by atoms with E-state index in [1.165, 1.54) is 30.6 Å². The van der Waals surface area contributed by atoms with Crippen molar-refractivity contribution < 1.29 is 9.13 Å². The molecule has 1 aromatic carbocycles. The van der Waals surface area contributed by atoms with Crippen molar-refractivity contribution in [2.24, 2.45) is 0 Å². The molecule has 0 saturated carbocycles. The first kappa shape index (κ1) is 10.8. The van der Waals surface area contributed by atoms with Crippen molar-refractivity contribution in [3.63, 3.8) is 0 Å². The molecule has 0 radical (unpaired) electrons. The first-order chi connectivity index (χ1) is 7.66. The van der Waals surface area contributed by atoms with Crippen molar-refractivity contribution in [1.29, 1.82) is 0 Å². The summed E-state index contributed by atoms with van der Waals surface area (Å²) in [5, 5.41) is 0. The van der Waals surface area contributed by atoms with E-state index in [1.807, 2.05) is 0 Å². The second-order valence-electron chi connectivity index (χ2n) is 2.92. The predicted molar refractivity (Wildman–Crippen MR) is 60.6 cm³/mol. The number of anilines is 1. The van der Waals surface area contributed by atoms with Gasteiger partial charge >= 0.3 is 0 Å². The molecule has 0 spiro atoms. The number of nitrogens with two attached hydrogens (primary N) is 1. The van der Waals surface area contributed by atoms with Gasteiger partial charge < -0.3 is 10.5 Å². The number of nitrogen functional groups attached to an aromatic ring is 1. The molecule has 1 aromatic heterocycles. The van der Waals surface area contributed by atoms with Gasteiger partial charge in [-0.2, -0.15) is 0 Å². The number of nitrogens with zero attached hydrogens (tertiary/aromatic N) is 2. The maximum atomic E-state index is 12.8. The Morgan fingerprint density at radius 3 is 2.69 bits per heavy atom. The van der Waals surface area contributed by atoms with Crippen LogP contribution in [-0.2, 0) is 0 Å². The van der Waals surface area contributed by atoms with E-state index in [2.05, 4.69) is 25.9 Å². The van der Waals surface area contributed by atoms with E-state index in [0.717, 1.165) is 0 Å². The largest absolute Gasteiger partial charge is 0.435 e. The minimum atomic E-state index is -0.355. The molecular formula is C10H7BrFN3O. The lowest BCUT2D eigenvalue weighted by atomic mass is 10.3. The normalized spacial score (nSPS) is 10.1. The van der Waals surface area contributed by atoms with Crippen LogP contribution in [0.3, 0.4) is 0 Å². The lowest BCUT2D eigenvalue weighted by Gasteiger charge is -2.07. The number of rotatable bonds is 2.